The number of rotatable bonds is 0. The van der Waals surface area contributed by atoms with E-state index in [-0.39, 0.29) is 5.43 Å². The largest absolute Gasteiger partial charge is 0.463 e. The Labute approximate surface area is 76.9 Å². The number of hydrogen-bond donors (Lipinski definition) is 0. The lowest BCUT2D eigenvalue weighted by Crippen LogP contribution is -1.97. The molecule has 0 spiro atoms. The summed E-state index contributed by atoms with van der Waals surface area (Å²) in [6.45, 7) is 0. The van der Waals surface area contributed by atoms with Crippen LogP contribution in [-0.2, 0) is 0 Å². The number of benzene rings is 1. The lowest BCUT2D eigenvalue weighted by molar-refractivity contribution is 0.600. The maximum atomic E-state index is 11.3. The summed E-state index contributed by atoms with van der Waals surface area (Å²) in [5, 5.41) is 0.604. The number of hydrogen-bond acceptors (Lipinski definition) is 2. The van der Waals surface area contributed by atoms with Crippen molar-refractivity contribution in [3.05, 3.63) is 45.2 Å². The predicted molar refractivity (Wildman–Crippen MR) is 50.2 cm³/mol. The van der Waals surface area contributed by atoms with Gasteiger partial charge in [0.25, 0.3) is 0 Å². The molecule has 0 atom stereocenters. The summed E-state index contributed by atoms with van der Waals surface area (Å²) in [6, 6.07) is 6.80. The van der Waals surface area contributed by atoms with Crippen molar-refractivity contribution >= 4 is 26.9 Å². The van der Waals surface area contributed by atoms with Gasteiger partial charge in [0.1, 0.15) is 0 Å². The Hall–Kier alpha value is -1.09. The Kier molecular flexibility index (Phi) is 1.73. The van der Waals surface area contributed by atoms with Crippen molar-refractivity contribution in [3.63, 3.8) is 0 Å². The van der Waals surface area contributed by atoms with Gasteiger partial charge in [0.2, 0.25) is 0 Å². The molecule has 1 aromatic heterocycles. The molecule has 60 valence electrons. The summed E-state index contributed by atoms with van der Waals surface area (Å²) in [7, 11) is 0. The SMILES string of the molecule is O=c1ccoc2c(Br)cccc12. The molecule has 0 saturated carbocycles. The zero-order valence-electron chi connectivity index (χ0n) is 6.08. The average Bonchev–Trinajstić information content (AvgIpc) is 2.07. The molecular weight excluding hydrogens is 220 g/mol. The van der Waals surface area contributed by atoms with Gasteiger partial charge in [-0.1, -0.05) is 6.07 Å². The van der Waals surface area contributed by atoms with Crippen LogP contribution in [0.1, 0.15) is 0 Å². The van der Waals surface area contributed by atoms with Crippen LogP contribution in [0.5, 0.6) is 0 Å². The van der Waals surface area contributed by atoms with Crippen molar-refractivity contribution in [2.45, 2.75) is 0 Å². The van der Waals surface area contributed by atoms with Crippen LogP contribution in [0.3, 0.4) is 0 Å². The highest BCUT2D eigenvalue weighted by Crippen LogP contribution is 2.20. The Morgan fingerprint density at radius 1 is 1.25 bits per heavy atom. The van der Waals surface area contributed by atoms with Crippen molar-refractivity contribution in [1.29, 1.82) is 0 Å². The van der Waals surface area contributed by atoms with Gasteiger partial charge in [0.15, 0.2) is 11.0 Å². The van der Waals surface area contributed by atoms with Crippen LogP contribution >= 0.6 is 15.9 Å². The van der Waals surface area contributed by atoms with Gasteiger partial charge in [-0.05, 0) is 28.1 Å². The molecule has 0 aliphatic heterocycles. The Morgan fingerprint density at radius 2 is 2.08 bits per heavy atom. The second-order valence-electron chi connectivity index (χ2n) is 2.40. The molecule has 0 aliphatic carbocycles. The third kappa shape index (κ3) is 1.06. The third-order valence-corrected chi connectivity index (χ3v) is 2.26. The van der Waals surface area contributed by atoms with Crippen LogP contribution in [0.2, 0.25) is 0 Å². The first-order valence-corrected chi connectivity index (χ1v) is 4.24. The van der Waals surface area contributed by atoms with E-state index in [4.69, 9.17) is 4.42 Å². The Balaban J connectivity index is 3.05. The van der Waals surface area contributed by atoms with Crippen LogP contribution in [0.4, 0.5) is 0 Å². The van der Waals surface area contributed by atoms with E-state index in [9.17, 15) is 4.79 Å². The van der Waals surface area contributed by atoms with Gasteiger partial charge in [-0.3, -0.25) is 4.79 Å². The minimum absolute atomic E-state index is 0.0162. The van der Waals surface area contributed by atoms with Gasteiger partial charge in [-0.15, -0.1) is 0 Å². The first-order valence-electron chi connectivity index (χ1n) is 3.45. The van der Waals surface area contributed by atoms with Gasteiger partial charge < -0.3 is 4.42 Å². The van der Waals surface area contributed by atoms with E-state index in [1.807, 2.05) is 12.1 Å². The molecule has 0 fully saturated rings. The lowest BCUT2D eigenvalue weighted by Gasteiger charge is -1.95. The van der Waals surface area contributed by atoms with E-state index >= 15 is 0 Å². The Bertz CT molecular complexity index is 473. The lowest BCUT2D eigenvalue weighted by atomic mass is 10.2. The zero-order valence-corrected chi connectivity index (χ0v) is 7.67. The topological polar surface area (TPSA) is 30.2 Å². The first kappa shape index (κ1) is 7.55. The quantitative estimate of drug-likeness (QED) is 0.689. The predicted octanol–water partition coefficient (Wildman–Crippen LogP) is 2.56. The summed E-state index contributed by atoms with van der Waals surface area (Å²) < 4.78 is 5.98. The second kappa shape index (κ2) is 2.75. The smallest absolute Gasteiger partial charge is 0.192 e. The van der Waals surface area contributed by atoms with Gasteiger partial charge in [-0.25, -0.2) is 0 Å². The summed E-state index contributed by atoms with van der Waals surface area (Å²) in [5.74, 6) is 0. The van der Waals surface area contributed by atoms with Crippen LogP contribution in [-0.4, -0.2) is 0 Å². The fraction of sp³-hybridized carbons (Fsp3) is 0. The average molecular weight is 225 g/mol. The van der Waals surface area contributed by atoms with E-state index in [1.165, 1.54) is 12.3 Å². The highest BCUT2D eigenvalue weighted by Gasteiger charge is 2.01. The van der Waals surface area contributed by atoms with Gasteiger partial charge >= 0.3 is 0 Å². The molecule has 1 aromatic carbocycles. The molecular formula is C9H5BrO2. The highest BCUT2D eigenvalue weighted by atomic mass is 79.9. The van der Waals surface area contributed by atoms with Crippen molar-refractivity contribution in [3.8, 4) is 0 Å². The molecule has 3 heteroatoms. The first-order chi connectivity index (χ1) is 5.79. The van der Waals surface area contributed by atoms with Crippen molar-refractivity contribution < 1.29 is 4.42 Å². The molecule has 0 aliphatic rings. The van der Waals surface area contributed by atoms with Gasteiger partial charge in [0, 0.05) is 6.07 Å². The second-order valence-corrected chi connectivity index (χ2v) is 3.26. The fourth-order valence-corrected chi connectivity index (χ4v) is 1.54. The molecule has 2 rings (SSSR count). The standard InChI is InChI=1S/C9H5BrO2/c10-7-3-1-2-6-8(11)4-5-12-9(6)7/h1-5H. The minimum atomic E-state index is -0.0162. The van der Waals surface area contributed by atoms with E-state index in [0.29, 0.717) is 11.0 Å². The minimum Gasteiger partial charge on any atom is -0.463 e. The van der Waals surface area contributed by atoms with Gasteiger partial charge in [0.05, 0.1) is 16.1 Å². The zero-order chi connectivity index (χ0) is 8.55. The molecule has 2 aromatic rings. The van der Waals surface area contributed by atoms with E-state index < -0.39 is 0 Å². The highest BCUT2D eigenvalue weighted by molar-refractivity contribution is 9.10. The van der Waals surface area contributed by atoms with Gasteiger partial charge in [-0.2, -0.15) is 0 Å². The van der Waals surface area contributed by atoms with E-state index in [0.717, 1.165) is 4.47 Å². The van der Waals surface area contributed by atoms with Crippen LogP contribution < -0.4 is 5.43 Å². The van der Waals surface area contributed by atoms with Crippen molar-refractivity contribution in [2.75, 3.05) is 0 Å². The Morgan fingerprint density at radius 3 is 2.83 bits per heavy atom. The van der Waals surface area contributed by atoms with Crippen LogP contribution in [0.25, 0.3) is 11.0 Å². The van der Waals surface area contributed by atoms with Crippen molar-refractivity contribution in [1.82, 2.24) is 0 Å². The third-order valence-electron chi connectivity index (χ3n) is 1.64. The molecule has 0 unspecified atom stereocenters. The molecule has 0 amide bonds. The number of fused-ring (bicyclic) bond motifs is 1. The van der Waals surface area contributed by atoms with Crippen molar-refractivity contribution in [2.24, 2.45) is 0 Å². The summed E-state index contributed by atoms with van der Waals surface area (Å²) >= 11 is 3.30. The molecule has 0 radical (unpaired) electrons. The molecule has 12 heavy (non-hydrogen) atoms. The number of halogens is 1. The van der Waals surface area contributed by atoms with E-state index in [2.05, 4.69) is 15.9 Å². The molecule has 0 N–H and O–H groups in total. The molecule has 0 saturated heterocycles. The summed E-state index contributed by atoms with van der Waals surface area (Å²) in [6.07, 6.45) is 1.40. The monoisotopic (exact) mass is 224 g/mol. The molecule has 1 heterocycles. The maximum absolute atomic E-state index is 11.3. The van der Waals surface area contributed by atoms with E-state index in [1.54, 1.807) is 6.07 Å². The summed E-state index contributed by atoms with van der Waals surface area (Å²) in [5.41, 5.74) is 0.586. The van der Waals surface area contributed by atoms with Crippen LogP contribution in [0.15, 0.2) is 44.2 Å². The summed E-state index contributed by atoms with van der Waals surface area (Å²) in [4.78, 5) is 11.3. The fourth-order valence-electron chi connectivity index (χ4n) is 1.08. The molecule has 0 bridgehead atoms. The van der Waals surface area contributed by atoms with Crippen LogP contribution in [0, 0.1) is 0 Å². The molecule has 2 nitrogen and oxygen atoms in total. The normalized spacial score (nSPS) is 10.4. The maximum Gasteiger partial charge on any atom is 0.192 e. The number of para-hydroxylation sites is 1.